The van der Waals surface area contributed by atoms with Gasteiger partial charge in [-0.2, -0.15) is 0 Å². The summed E-state index contributed by atoms with van der Waals surface area (Å²) in [6.45, 7) is 2.12. The number of rotatable bonds is 4. The van der Waals surface area contributed by atoms with Crippen LogP contribution in [0.15, 0.2) is 65.7 Å². The molecule has 0 unspecified atom stereocenters. The number of fused-ring (bicyclic) bond motifs is 1. The Morgan fingerprint density at radius 3 is 2.62 bits per heavy atom. The normalized spacial score (nSPS) is 10.7. The summed E-state index contributed by atoms with van der Waals surface area (Å²) in [5.41, 5.74) is 2.27. The molecular formula is C18H15NOS. The van der Waals surface area contributed by atoms with Crippen LogP contribution in [0.2, 0.25) is 0 Å². The van der Waals surface area contributed by atoms with Crippen LogP contribution in [0.1, 0.15) is 22.8 Å². The third-order valence-corrected chi connectivity index (χ3v) is 4.21. The van der Waals surface area contributed by atoms with Crippen molar-refractivity contribution in [1.29, 1.82) is 0 Å². The van der Waals surface area contributed by atoms with Gasteiger partial charge in [-0.15, -0.1) is 11.8 Å². The van der Waals surface area contributed by atoms with Crippen LogP contribution in [-0.2, 0) is 0 Å². The number of thioether (sulfide) groups is 1. The molecule has 3 rings (SSSR count). The van der Waals surface area contributed by atoms with Crippen LogP contribution in [0, 0.1) is 0 Å². The smallest absolute Gasteiger partial charge is 0.193 e. The lowest BCUT2D eigenvalue weighted by Gasteiger charge is -2.06. The van der Waals surface area contributed by atoms with Crippen LogP contribution >= 0.6 is 11.8 Å². The zero-order chi connectivity index (χ0) is 14.7. The van der Waals surface area contributed by atoms with Gasteiger partial charge >= 0.3 is 0 Å². The number of hydrogen-bond donors (Lipinski definition) is 0. The van der Waals surface area contributed by atoms with E-state index < -0.39 is 0 Å². The molecule has 0 aliphatic rings. The van der Waals surface area contributed by atoms with Gasteiger partial charge in [0.25, 0.3) is 0 Å². The highest BCUT2D eigenvalue weighted by molar-refractivity contribution is 7.99. The average molecular weight is 293 g/mol. The maximum Gasteiger partial charge on any atom is 0.193 e. The molecule has 0 saturated carbocycles. The zero-order valence-corrected chi connectivity index (χ0v) is 12.6. The molecule has 3 heteroatoms. The number of carbonyl (C=O) groups is 1. The summed E-state index contributed by atoms with van der Waals surface area (Å²) < 4.78 is 0. The van der Waals surface area contributed by atoms with Crippen molar-refractivity contribution in [2.45, 2.75) is 11.8 Å². The van der Waals surface area contributed by atoms with Gasteiger partial charge in [-0.3, -0.25) is 9.78 Å². The first-order chi connectivity index (χ1) is 10.3. The molecule has 3 aromatic rings. The first-order valence-corrected chi connectivity index (χ1v) is 7.89. The zero-order valence-electron chi connectivity index (χ0n) is 11.7. The van der Waals surface area contributed by atoms with Crippen LogP contribution in [0.25, 0.3) is 10.9 Å². The Bertz CT molecular complexity index is 775. The lowest BCUT2D eigenvalue weighted by molar-refractivity contribution is 0.104. The highest BCUT2D eigenvalue weighted by Gasteiger charge is 2.12. The number of carbonyl (C=O) groups excluding carboxylic acids is 1. The van der Waals surface area contributed by atoms with Gasteiger partial charge in [-0.25, -0.2) is 0 Å². The van der Waals surface area contributed by atoms with E-state index in [1.807, 2.05) is 54.6 Å². The van der Waals surface area contributed by atoms with Crippen LogP contribution < -0.4 is 0 Å². The predicted octanol–water partition coefficient (Wildman–Crippen LogP) is 4.58. The van der Waals surface area contributed by atoms with Gasteiger partial charge in [0.05, 0.1) is 5.52 Å². The Hall–Kier alpha value is -2.13. The number of nitrogens with zero attached hydrogens (tertiary/aromatic N) is 1. The van der Waals surface area contributed by atoms with Crippen molar-refractivity contribution in [2.75, 3.05) is 5.75 Å². The van der Waals surface area contributed by atoms with Crippen molar-refractivity contribution in [3.63, 3.8) is 0 Å². The molecular weight excluding hydrogens is 278 g/mol. The Morgan fingerprint density at radius 1 is 1.05 bits per heavy atom. The van der Waals surface area contributed by atoms with E-state index in [-0.39, 0.29) is 5.78 Å². The molecule has 2 nitrogen and oxygen atoms in total. The van der Waals surface area contributed by atoms with E-state index in [1.54, 1.807) is 18.0 Å². The molecule has 0 saturated heterocycles. The number of pyridine rings is 1. The molecule has 0 bridgehead atoms. The van der Waals surface area contributed by atoms with Crippen LogP contribution in [0.3, 0.4) is 0 Å². The van der Waals surface area contributed by atoms with E-state index >= 15 is 0 Å². The number of ketones is 1. The van der Waals surface area contributed by atoms with Crippen molar-refractivity contribution >= 4 is 28.4 Å². The summed E-state index contributed by atoms with van der Waals surface area (Å²) in [6, 6.07) is 17.3. The fourth-order valence-corrected chi connectivity index (χ4v) is 2.99. The molecule has 1 aromatic heterocycles. The summed E-state index contributed by atoms with van der Waals surface area (Å²) in [7, 11) is 0. The molecule has 21 heavy (non-hydrogen) atoms. The average Bonchev–Trinajstić information content (AvgIpc) is 2.55. The van der Waals surface area contributed by atoms with Crippen LogP contribution in [0.4, 0.5) is 0 Å². The largest absolute Gasteiger partial charge is 0.289 e. The monoisotopic (exact) mass is 293 g/mol. The second-order valence-corrected chi connectivity index (χ2v) is 6.00. The van der Waals surface area contributed by atoms with Crippen LogP contribution in [0.5, 0.6) is 0 Å². The van der Waals surface area contributed by atoms with Gasteiger partial charge in [0, 0.05) is 27.6 Å². The third-order valence-electron chi connectivity index (χ3n) is 3.32. The molecule has 0 N–H and O–H groups in total. The highest BCUT2D eigenvalue weighted by atomic mass is 32.2. The second-order valence-electron chi connectivity index (χ2n) is 4.66. The van der Waals surface area contributed by atoms with Crippen molar-refractivity contribution in [3.05, 3.63) is 71.9 Å². The molecule has 0 radical (unpaired) electrons. The van der Waals surface area contributed by atoms with E-state index in [9.17, 15) is 4.79 Å². The molecule has 0 spiro atoms. The van der Waals surface area contributed by atoms with E-state index in [0.717, 1.165) is 16.7 Å². The SMILES string of the molecule is CCSc1ccc(C(=O)c2cccc3ncccc23)cc1. The van der Waals surface area contributed by atoms with E-state index in [0.29, 0.717) is 11.1 Å². The Labute approximate surface area is 128 Å². The van der Waals surface area contributed by atoms with Crippen molar-refractivity contribution in [2.24, 2.45) is 0 Å². The topological polar surface area (TPSA) is 30.0 Å². The molecule has 0 fully saturated rings. The first kappa shape index (κ1) is 13.8. The standard InChI is InChI=1S/C18H15NOS/c1-2-21-14-10-8-13(9-11-14)18(20)16-5-3-7-17-15(16)6-4-12-19-17/h3-12H,2H2,1H3. The minimum Gasteiger partial charge on any atom is -0.289 e. The maximum atomic E-state index is 12.7. The van der Waals surface area contributed by atoms with Crippen molar-refractivity contribution in [3.8, 4) is 0 Å². The molecule has 104 valence electrons. The summed E-state index contributed by atoms with van der Waals surface area (Å²) >= 11 is 1.77. The minimum atomic E-state index is 0.0432. The van der Waals surface area contributed by atoms with Gasteiger partial charge in [-0.1, -0.05) is 25.1 Å². The van der Waals surface area contributed by atoms with E-state index in [4.69, 9.17) is 0 Å². The molecule has 0 aliphatic heterocycles. The Balaban J connectivity index is 2.00. The van der Waals surface area contributed by atoms with E-state index in [1.165, 1.54) is 4.90 Å². The molecule has 1 heterocycles. The Kier molecular flexibility index (Phi) is 4.02. The van der Waals surface area contributed by atoms with Gasteiger partial charge in [0.15, 0.2) is 5.78 Å². The highest BCUT2D eigenvalue weighted by Crippen LogP contribution is 2.22. The second kappa shape index (κ2) is 6.10. The lowest BCUT2D eigenvalue weighted by atomic mass is 9.99. The Morgan fingerprint density at radius 2 is 1.86 bits per heavy atom. The van der Waals surface area contributed by atoms with Gasteiger partial charge in [0.2, 0.25) is 0 Å². The van der Waals surface area contributed by atoms with Crippen LogP contribution in [-0.4, -0.2) is 16.5 Å². The third kappa shape index (κ3) is 2.83. The predicted molar refractivity (Wildman–Crippen MR) is 88.0 cm³/mol. The summed E-state index contributed by atoms with van der Waals surface area (Å²) in [5.74, 6) is 1.07. The van der Waals surface area contributed by atoms with Gasteiger partial charge < -0.3 is 0 Å². The minimum absolute atomic E-state index is 0.0432. The summed E-state index contributed by atoms with van der Waals surface area (Å²) in [6.07, 6.45) is 1.74. The van der Waals surface area contributed by atoms with Gasteiger partial charge in [0.1, 0.15) is 0 Å². The quantitative estimate of drug-likeness (QED) is 0.521. The van der Waals surface area contributed by atoms with Crippen molar-refractivity contribution in [1.82, 2.24) is 4.98 Å². The molecule has 2 aromatic carbocycles. The number of aromatic nitrogens is 1. The van der Waals surface area contributed by atoms with E-state index in [2.05, 4.69) is 11.9 Å². The maximum absolute atomic E-state index is 12.7. The number of benzene rings is 2. The summed E-state index contributed by atoms with van der Waals surface area (Å²) in [4.78, 5) is 18.2. The van der Waals surface area contributed by atoms with Gasteiger partial charge in [-0.05, 0) is 42.2 Å². The fraction of sp³-hybridized carbons (Fsp3) is 0.111. The fourth-order valence-electron chi connectivity index (χ4n) is 2.33. The first-order valence-electron chi connectivity index (χ1n) is 6.91. The van der Waals surface area contributed by atoms with Crippen molar-refractivity contribution < 1.29 is 4.79 Å². The lowest BCUT2D eigenvalue weighted by Crippen LogP contribution is -2.02. The molecule has 0 atom stereocenters. The number of hydrogen-bond acceptors (Lipinski definition) is 3. The molecule has 0 aliphatic carbocycles. The molecule has 0 amide bonds. The summed E-state index contributed by atoms with van der Waals surface area (Å²) in [5, 5.41) is 0.900.